The van der Waals surface area contributed by atoms with E-state index in [9.17, 15) is 14.0 Å². The first kappa shape index (κ1) is 15.5. The van der Waals surface area contributed by atoms with Gasteiger partial charge in [-0.15, -0.1) is 0 Å². The number of nitrogens with one attached hydrogen (secondary N) is 1. The number of esters is 1. The fraction of sp³-hybridized carbons (Fsp3) is 0.176. The zero-order valence-corrected chi connectivity index (χ0v) is 13.0. The topological polar surface area (TPSA) is 55.4 Å². The van der Waals surface area contributed by atoms with Gasteiger partial charge in [0.1, 0.15) is 5.82 Å². The number of ether oxygens (including phenoxy) is 1. The molecule has 1 amide bonds. The lowest BCUT2D eigenvalue weighted by atomic mass is 9.89. The van der Waals surface area contributed by atoms with Crippen molar-refractivity contribution in [3.63, 3.8) is 0 Å². The van der Waals surface area contributed by atoms with E-state index in [0.29, 0.717) is 11.3 Å². The standard InChI is InChI=1S/C17H13ClFNO3/c1-17(9-10-4-2-3-5-12(10)15(21)23-17)16(22)20-11-6-7-14(19)13(18)8-11/h2-8H,9H2,1H3,(H,20,22)/t17-/m0/s1. The van der Waals surface area contributed by atoms with Crippen LogP contribution in [0.5, 0.6) is 0 Å². The molecule has 0 spiro atoms. The normalized spacial score (nSPS) is 19.7. The van der Waals surface area contributed by atoms with Gasteiger partial charge in [0.25, 0.3) is 5.91 Å². The highest BCUT2D eigenvalue weighted by molar-refractivity contribution is 6.31. The maximum atomic E-state index is 13.2. The van der Waals surface area contributed by atoms with Gasteiger partial charge in [0.05, 0.1) is 10.6 Å². The molecule has 2 aromatic carbocycles. The van der Waals surface area contributed by atoms with Crippen LogP contribution in [0.4, 0.5) is 10.1 Å². The first-order valence-corrected chi connectivity index (χ1v) is 7.34. The molecule has 3 rings (SSSR count). The molecule has 0 aliphatic carbocycles. The van der Waals surface area contributed by atoms with Gasteiger partial charge in [0.2, 0.25) is 0 Å². The highest BCUT2D eigenvalue weighted by atomic mass is 35.5. The molecule has 0 aromatic heterocycles. The van der Waals surface area contributed by atoms with Crippen molar-refractivity contribution < 1.29 is 18.7 Å². The Labute approximate surface area is 137 Å². The molecule has 6 heteroatoms. The van der Waals surface area contributed by atoms with Gasteiger partial charge < -0.3 is 10.1 Å². The molecule has 4 nitrogen and oxygen atoms in total. The monoisotopic (exact) mass is 333 g/mol. The number of carbonyl (C=O) groups excluding carboxylic acids is 2. The number of halogens is 2. The van der Waals surface area contributed by atoms with Crippen LogP contribution < -0.4 is 5.32 Å². The van der Waals surface area contributed by atoms with Crippen LogP contribution >= 0.6 is 11.6 Å². The minimum Gasteiger partial charge on any atom is -0.445 e. The summed E-state index contributed by atoms with van der Waals surface area (Å²) in [7, 11) is 0. The highest BCUT2D eigenvalue weighted by Gasteiger charge is 2.42. The molecule has 0 bridgehead atoms. The number of carbonyl (C=O) groups is 2. The molecule has 0 saturated heterocycles. The summed E-state index contributed by atoms with van der Waals surface area (Å²) in [6.45, 7) is 1.54. The average molecular weight is 334 g/mol. The molecule has 1 aliphatic heterocycles. The number of anilines is 1. The van der Waals surface area contributed by atoms with E-state index in [1.807, 2.05) is 0 Å². The zero-order chi connectivity index (χ0) is 16.6. The molecule has 118 valence electrons. The third-order valence-corrected chi connectivity index (χ3v) is 4.03. The van der Waals surface area contributed by atoms with E-state index in [1.165, 1.54) is 12.1 Å². The second-order valence-corrected chi connectivity index (χ2v) is 5.94. The van der Waals surface area contributed by atoms with Crippen LogP contribution in [0.15, 0.2) is 42.5 Å². The molecule has 1 N–H and O–H groups in total. The Kier molecular flexibility index (Phi) is 3.82. The number of hydrogen-bond acceptors (Lipinski definition) is 3. The van der Waals surface area contributed by atoms with Crippen molar-refractivity contribution in [3.8, 4) is 0 Å². The molecule has 0 unspecified atom stereocenters. The van der Waals surface area contributed by atoms with Crippen LogP contribution in [-0.2, 0) is 16.0 Å². The van der Waals surface area contributed by atoms with E-state index in [2.05, 4.69) is 5.32 Å². The van der Waals surface area contributed by atoms with Crippen molar-refractivity contribution in [1.82, 2.24) is 0 Å². The molecule has 1 heterocycles. The van der Waals surface area contributed by atoms with Crippen molar-refractivity contribution in [1.29, 1.82) is 0 Å². The minimum absolute atomic E-state index is 0.0982. The molecular weight excluding hydrogens is 321 g/mol. The van der Waals surface area contributed by atoms with E-state index in [4.69, 9.17) is 16.3 Å². The van der Waals surface area contributed by atoms with E-state index < -0.39 is 23.3 Å². The first-order valence-electron chi connectivity index (χ1n) is 6.97. The van der Waals surface area contributed by atoms with Crippen molar-refractivity contribution in [3.05, 3.63) is 64.4 Å². The lowest BCUT2D eigenvalue weighted by Crippen LogP contribution is -2.48. The first-order chi connectivity index (χ1) is 10.9. The maximum Gasteiger partial charge on any atom is 0.339 e. The summed E-state index contributed by atoms with van der Waals surface area (Å²) in [5.41, 5.74) is 0.199. The second-order valence-electron chi connectivity index (χ2n) is 5.54. The zero-order valence-electron chi connectivity index (χ0n) is 12.2. The summed E-state index contributed by atoms with van der Waals surface area (Å²) in [5.74, 6) is -1.61. The Bertz CT molecular complexity index is 808. The Balaban J connectivity index is 1.84. The van der Waals surface area contributed by atoms with E-state index in [-0.39, 0.29) is 11.4 Å². The molecule has 23 heavy (non-hydrogen) atoms. The second kappa shape index (κ2) is 5.66. The molecule has 0 fully saturated rings. The largest absolute Gasteiger partial charge is 0.445 e. The molecule has 0 saturated carbocycles. The van der Waals surface area contributed by atoms with Crippen LogP contribution in [0.25, 0.3) is 0 Å². The number of cyclic esters (lactones) is 1. The number of benzene rings is 2. The van der Waals surface area contributed by atoms with Gasteiger partial charge in [-0.05, 0) is 36.8 Å². The lowest BCUT2D eigenvalue weighted by Gasteiger charge is -2.33. The predicted octanol–water partition coefficient (Wildman–Crippen LogP) is 3.59. The minimum atomic E-state index is -1.34. The lowest BCUT2D eigenvalue weighted by molar-refractivity contribution is -0.134. The summed E-state index contributed by atoms with van der Waals surface area (Å²) in [4.78, 5) is 24.6. The third kappa shape index (κ3) is 2.92. The predicted molar refractivity (Wildman–Crippen MR) is 84.0 cm³/mol. The van der Waals surface area contributed by atoms with Gasteiger partial charge in [-0.1, -0.05) is 29.8 Å². The molecule has 1 aliphatic rings. The van der Waals surface area contributed by atoms with Crippen LogP contribution in [0.1, 0.15) is 22.8 Å². The summed E-state index contributed by atoms with van der Waals surface area (Å²) in [6.07, 6.45) is 0.260. The third-order valence-electron chi connectivity index (χ3n) is 3.74. The van der Waals surface area contributed by atoms with E-state index >= 15 is 0 Å². The Hall–Kier alpha value is -2.40. The van der Waals surface area contributed by atoms with Crippen molar-refractivity contribution in [2.75, 3.05) is 5.32 Å². The number of amides is 1. The van der Waals surface area contributed by atoms with Crippen LogP contribution in [-0.4, -0.2) is 17.5 Å². The van der Waals surface area contributed by atoms with Crippen molar-refractivity contribution >= 4 is 29.2 Å². The van der Waals surface area contributed by atoms with Crippen molar-refractivity contribution in [2.45, 2.75) is 18.9 Å². The highest BCUT2D eigenvalue weighted by Crippen LogP contribution is 2.29. The van der Waals surface area contributed by atoms with Crippen molar-refractivity contribution in [2.24, 2.45) is 0 Å². The Morgan fingerprint density at radius 2 is 2.04 bits per heavy atom. The number of rotatable bonds is 2. The summed E-state index contributed by atoms with van der Waals surface area (Å²) in [6, 6.07) is 10.8. The maximum absolute atomic E-state index is 13.2. The summed E-state index contributed by atoms with van der Waals surface area (Å²) in [5, 5.41) is 2.51. The van der Waals surface area contributed by atoms with Gasteiger partial charge in [-0.3, -0.25) is 4.79 Å². The fourth-order valence-electron chi connectivity index (χ4n) is 2.50. The SMILES string of the molecule is C[C@@]1(C(=O)Nc2ccc(F)c(Cl)c2)Cc2ccccc2C(=O)O1. The Morgan fingerprint density at radius 3 is 2.78 bits per heavy atom. The molecule has 0 radical (unpaired) electrons. The van der Waals surface area contributed by atoms with Gasteiger partial charge in [-0.2, -0.15) is 0 Å². The van der Waals surface area contributed by atoms with Crippen LogP contribution in [0, 0.1) is 5.82 Å². The quantitative estimate of drug-likeness (QED) is 0.854. The van der Waals surface area contributed by atoms with Crippen LogP contribution in [0.2, 0.25) is 5.02 Å². The summed E-state index contributed by atoms with van der Waals surface area (Å²) >= 11 is 5.70. The van der Waals surface area contributed by atoms with Gasteiger partial charge in [0.15, 0.2) is 5.60 Å². The average Bonchev–Trinajstić information content (AvgIpc) is 2.51. The van der Waals surface area contributed by atoms with Gasteiger partial charge >= 0.3 is 5.97 Å². The van der Waals surface area contributed by atoms with Crippen LogP contribution in [0.3, 0.4) is 0 Å². The van der Waals surface area contributed by atoms with E-state index in [1.54, 1.807) is 31.2 Å². The Morgan fingerprint density at radius 1 is 1.30 bits per heavy atom. The number of hydrogen-bond donors (Lipinski definition) is 1. The number of fused-ring (bicyclic) bond motifs is 1. The smallest absolute Gasteiger partial charge is 0.339 e. The van der Waals surface area contributed by atoms with Gasteiger partial charge in [-0.25, -0.2) is 9.18 Å². The summed E-state index contributed by atoms with van der Waals surface area (Å²) < 4.78 is 18.5. The molecule has 1 atom stereocenters. The molecular formula is C17H13ClFNO3. The molecule has 2 aromatic rings. The fourth-order valence-corrected chi connectivity index (χ4v) is 2.68. The van der Waals surface area contributed by atoms with Gasteiger partial charge in [0, 0.05) is 12.1 Å². The van der Waals surface area contributed by atoms with E-state index in [0.717, 1.165) is 11.6 Å².